The topological polar surface area (TPSA) is 46.5 Å². The van der Waals surface area contributed by atoms with Gasteiger partial charge in [0.15, 0.2) is 0 Å². The highest BCUT2D eigenvalue weighted by molar-refractivity contribution is 5.67. The van der Waals surface area contributed by atoms with Crippen LogP contribution >= 0.6 is 0 Å². The van der Waals surface area contributed by atoms with Gasteiger partial charge in [0.05, 0.1) is 0 Å². The van der Waals surface area contributed by atoms with Crippen molar-refractivity contribution in [3.05, 3.63) is 65.2 Å². The summed E-state index contributed by atoms with van der Waals surface area (Å²) in [4.78, 5) is 10.6. The molecule has 2 aromatic carbocycles. The molecule has 0 unspecified atom stereocenters. The van der Waals surface area contributed by atoms with Gasteiger partial charge in [0.2, 0.25) is 0 Å². The Kier molecular flexibility index (Phi) is 3.91. The fourth-order valence-corrected chi connectivity index (χ4v) is 2.78. The van der Waals surface area contributed by atoms with Crippen molar-refractivity contribution in [2.75, 3.05) is 0 Å². The fourth-order valence-electron chi connectivity index (χ4n) is 2.78. The first kappa shape index (κ1) is 13.7. The molecule has 0 atom stereocenters. The van der Waals surface area contributed by atoms with Crippen molar-refractivity contribution in [1.82, 2.24) is 0 Å². The number of carboxylic acids is 1. The molecule has 0 radical (unpaired) electrons. The lowest BCUT2D eigenvalue weighted by atomic mass is 10.1. The molecular formula is C18H18O3. The van der Waals surface area contributed by atoms with Crippen LogP contribution in [0.4, 0.5) is 0 Å². The summed E-state index contributed by atoms with van der Waals surface area (Å²) in [6.07, 6.45) is 2.84. The van der Waals surface area contributed by atoms with Crippen LogP contribution in [0.1, 0.15) is 23.1 Å². The van der Waals surface area contributed by atoms with Crippen molar-refractivity contribution in [2.45, 2.75) is 31.8 Å². The number of ether oxygens (including phenoxy) is 1. The van der Waals surface area contributed by atoms with Gasteiger partial charge in [-0.1, -0.05) is 36.4 Å². The van der Waals surface area contributed by atoms with Crippen LogP contribution < -0.4 is 4.74 Å². The van der Waals surface area contributed by atoms with Crippen LogP contribution in [0.15, 0.2) is 48.5 Å². The zero-order valence-corrected chi connectivity index (χ0v) is 11.8. The van der Waals surface area contributed by atoms with E-state index in [0.717, 1.165) is 24.2 Å². The minimum Gasteiger partial charge on any atom is -0.490 e. The lowest BCUT2D eigenvalue weighted by Crippen LogP contribution is -2.16. The lowest BCUT2D eigenvalue weighted by molar-refractivity contribution is -0.136. The Morgan fingerprint density at radius 1 is 1.05 bits per heavy atom. The second-order valence-electron chi connectivity index (χ2n) is 5.45. The molecule has 1 aliphatic rings. The van der Waals surface area contributed by atoms with Gasteiger partial charge in [0, 0.05) is 19.3 Å². The third kappa shape index (κ3) is 3.43. The Morgan fingerprint density at radius 2 is 1.67 bits per heavy atom. The van der Waals surface area contributed by atoms with Crippen LogP contribution in [0.2, 0.25) is 0 Å². The van der Waals surface area contributed by atoms with E-state index < -0.39 is 5.97 Å². The smallest absolute Gasteiger partial charge is 0.303 e. The van der Waals surface area contributed by atoms with Crippen molar-refractivity contribution in [2.24, 2.45) is 0 Å². The SMILES string of the molecule is O=C(O)CCc1ccc(OC2Cc3ccccc3C2)cc1. The van der Waals surface area contributed by atoms with Crippen LogP contribution in [0.3, 0.4) is 0 Å². The number of carbonyl (C=O) groups is 1. The van der Waals surface area contributed by atoms with Gasteiger partial charge in [-0.2, -0.15) is 0 Å². The molecule has 0 heterocycles. The van der Waals surface area contributed by atoms with Crippen molar-refractivity contribution < 1.29 is 14.6 Å². The number of benzene rings is 2. The average molecular weight is 282 g/mol. The normalized spacial score (nSPS) is 13.9. The van der Waals surface area contributed by atoms with Gasteiger partial charge in [0.25, 0.3) is 0 Å². The summed E-state index contributed by atoms with van der Waals surface area (Å²) >= 11 is 0. The standard InChI is InChI=1S/C18H18O3/c19-18(20)10-7-13-5-8-16(9-6-13)21-17-11-14-3-1-2-4-15(14)12-17/h1-6,8-9,17H,7,10-12H2,(H,19,20). The number of aryl methyl sites for hydroxylation is 1. The summed E-state index contributed by atoms with van der Waals surface area (Å²) in [5.74, 6) is 0.0888. The fraction of sp³-hybridized carbons (Fsp3) is 0.278. The molecule has 2 aromatic rings. The zero-order valence-electron chi connectivity index (χ0n) is 11.8. The Bertz CT molecular complexity index is 606. The van der Waals surface area contributed by atoms with Crippen LogP contribution in [-0.2, 0) is 24.1 Å². The van der Waals surface area contributed by atoms with E-state index in [1.165, 1.54) is 11.1 Å². The predicted octanol–water partition coefficient (Wildman–Crippen LogP) is 3.25. The first-order valence-electron chi connectivity index (χ1n) is 7.25. The molecule has 3 heteroatoms. The maximum absolute atomic E-state index is 10.6. The molecule has 0 fully saturated rings. The molecule has 0 saturated carbocycles. The van der Waals surface area contributed by atoms with E-state index in [1.807, 2.05) is 24.3 Å². The highest BCUT2D eigenvalue weighted by Gasteiger charge is 2.22. The van der Waals surface area contributed by atoms with Crippen molar-refractivity contribution in [3.63, 3.8) is 0 Å². The molecule has 1 aliphatic carbocycles. The van der Waals surface area contributed by atoms with Gasteiger partial charge in [-0.25, -0.2) is 0 Å². The third-order valence-electron chi connectivity index (χ3n) is 3.87. The van der Waals surface area contributed by atoms with Gasteiger partial charge in [-0.3, -0.25) is 4.79 Å². The molecular weight excluding hydrogens is 264 g/mol. The molecule has 0 bridgehead atoms. The van der Waals surface area contributed by atoms with Gasteiger partial charge in [-0.15, -0.1) is 0 Å². The minimum atomic E-state index is -0.765. The Labute approximate surface area is 124 Å². The van der Waals surface area contributed by atoms with Crippen molar-refractivity contribution >= 4 is 5.97 Å². The van der Waals surface area contributed by atoms with Crippen LogP contribution in [-0.4, -0.2) is 17.2 Å². The molecule has 0 spiro atoms. The molecule has 0 aliphatic heterocycles. The predicted molar refractivity (Wildman–Crippen MR) is 80.7 cm³/mol. The summed E-state index contributed by atoms with van der Waals surface area (Å²) in [5.41, 5.74) is 3.78. The zero-order chi connectivity index (χ0) is 14.7. The summed E-state index contributed by atoms with van der Waals surface area (Å²) in [5, 5.41) is 8.68. The molecule has 3 rings (SSSR count). The van der Waals surface area contributed by atoms with E-state index in [1.54, 1.807) is 0 Å². The maximum atomic E-state index is 10.6. The van der Waals surface area contributed by atoms with Gasteiger partial charge < -0.3 is 9.84 Å². The van der Waals surface area contributed by atoms with Gasteiger partial charge in [0.1, 0.15) is 11.9 Å². The molecule has 21 heavy (non-hydrogen) atoms. The quantitative estimate of drug-likeness (QED) is 0.915. The number of hydrogen-bond donors (Lipinski definition) is 1. The second kappa shape index (κ2) is 6.00. The molecule has 3 nitrogen and oxygen atoms in total. The molecule has 0 saturated heterocycles. The molecule has 0 amide bonds. The first-order chi connectivity index (χ1) is 10.2. The maximum Gasteiger partial charge on any atom is 0.303 e. The van der Waals surface area contributed by atoms with E-state index in [2.05, 4.69) is 24.3 Å². The number of aliphatic carboxylic acids is 1. The van der Waals surface area contributed by atoms with Gasteiger partial charge >= 0.3 is 5.97 Å². The van der Waals surface area contributed by atoms with Crippen molar-refractivity contribution in [1.29, 1.82) is 0 Å². The Balaban J connectivity index is 1.58. The number of hydrogen-bond acceptors (Lipinski definition) is 2. The lowest BCUT2D eigenvalue weighted by Gasteiger charge is -2.13. The minimum absolute atomic E-state index is 0.165. The molecule has 1 N–H and O–H groups in total. The van der Waals surface area contributed by atoms with E-state index in [-0.39, 0.29) is 12.5 Å². The van der Waals surface area contributed by atoms with E-state index >= 15 is 0 Å². The summed E-state index contributed by atoms with van der Waals surface area (Å²) < 4.78 is 6.02. The highest BCUT2D eigenvalue weighted by atomic mass is 16.5. The summed E-state index contributed by atoms with van der Waals surface area (Å²) in [6.45, 7) is 0. The number of rotatable bonds is 5. The summed E-state index contributed by atoms with van der Waals surface area (Å²) in [7, 11) is 0. The number of carboxylic acid groups (broad SMARTS) is 1. The third-order valence-corrected chi connectivity index (χ3v) is 3.87. The van der Waals surface area contributed by atoms with E-state index in [0.29, 0.717) is 6.42 Å². The molecule has 0 aromatic heterocycles. The molecule has 108 valence electrons. The average Bonchev–Trinajstić information content (AvgIpc) is 2.88. The van der Waals surface area contributed by atoms with E-state index in [9.17, 15) is 4.79 Å². The Hall–Kier alpha value is -2.29. The number of fused-ring (bicyclic) bond motifs is 1. The summed E-state index contributed by atoms with van der Waals surface area (Å²) in [6, 6.07) is 16.2. The Morgan fingerprint density at radius 3 is 2.24 bits per heavy atom. The van der Waals surface area contributed by atoms with Crippen LogP contribution in [0.5, 0.6) is 5.75 Å². The highest BCUT2D eigenvalue weighted by Crippen LogP contribution is 2.25. The largest absolute Gasteiger partial charge is 0.490 e. The first-order valence-corrected chi connectivity index (χ1v) is 7.25. The second-order valence-corrected chi connectivity index (χ2v) is 5.45. The van der Waals surface area contributed by atoms with E-state index in [4.69, 9.17) is 9.84 Å². The van der Waals surface area contributed by atoms with Crippen LogP contribution in [0, 0.1) is 0 Å². The monoisotopic (exact) mass is 282 g/mol. The van der Waals surface area contributed by atoms with Crippen molar-refractivity contribution in [3.8, 4) is 5.75 Å². The van der Waals surface area contributed by atoms with Crippen LogP contribution in [0.25, 0.3) is 0 Å². The van der Waals surface area contributed by atoms with Gasteiger partial charge in [-0.05, 0) is 35.2 Å².